The van der Waals surface area contributed by atoms with E-state index in [-0.39, 0.29) is 5.91 Å². The van der Waals surface area contributed by atoms with Gasteiger partial charge in [0.15, 0.2) is 0 Å². The molecular weight excluding hydrogens is 360 g/mol. The minimum atomic E-state index is 0.0902. The van der Waals surface area contributed by atoms with Crippen LogP contribution in [0.15, 0.2) is 60.7 Å². The Morgan fingerprint density at radius 2 is 1.76 bits per heavy atom. The Balaban J connectivity index is 1.66. The summed E-state index contributed by atoms with van der Waals surface area (Å²) in [5.41, 5.74) is 5.97. The van der Waals surface area contributed by atoms with E-state index >= 15 is 0 Å². The maximum Gasteiger partial charge on any atom is 0.219 e. The number of carbonyl (C=O) groups excluding carboxylic acids is 1. The molecule has 150 valence electrons. The van der Waals surface area contributed by atoms with Crippen LogP contribution < -0.4 is 0 Å². The summed E-state index contributed by atoms with van der Waals surface area (Å²) < 4.78 is 2.08. The molecule has 0 radical (unpaired) electrons. The van der Waals surface area contributed by atoms with E-state index in [1.54, 1.807) is 6.92 Å². The molecule has 0 spiro atoms. The number of amides is 1. The number of carbonyl (C=O) groups is 1. The predicted molar refractivity (Wildman–Crippen MR) is 115 cm³/mol. The normalized spacial score (nSPS) is 13.9. The average molecular weight is 389 g/mol. The van der Waals surface area contributed by atoms with E-state index in [0.29, 0.717) is 13.1 Å². The highest BCUT2D eigenvalue weighted by molar-refractivity contribution is 5.73. The van der Waals surface area contributed by atoms with E-state index in [9.17, 15) is 4.79 Å². The molecule has 1 aliphatic rings. The first-order chi connectivity index (χ1) is 14.2. The minimum absolute atomic E-state index is 0.0902. The average Bonchev–Trinajstić information content (AvgIpc) is 3.11. The van der Waals surface area contributed by atoms with Crippen molar-refractivity contribution in [3.05, 3.63) is 83.2 Å². The molecule has 0 atom stereocenters. The zero-order valence-corrected chi connectivity index (χ0v) is 17.2. The number of hydrogen-bond acceptors (Lipinski definition) is 3. The highest BCUT2D eigenvalue weighted by atomic mass is 16.2. The second kappa shape index (κ2) is 8.62. The van der Waals surface area contributed by atoms with Gasteiger partial charge in [-0.05, 0) is 24.6 Å². The molecule has 2 heterocycles. The van der Waals surface area contributed by atoms with Crippen molar-refractivity contribution in [3.63, 3.8) is 0 Å². The molecule has 29 heavy (non-hydrogen) atoms. The first kappa shape index (κ1) is 19.4. The third-order valence-electron chi connectivity index (χ3n) is 5.64. The van der Waals surface area contributed by atoms with Crippen molar-refractivity contribution < 1.29 is 4.79 Å². The number of rotatable bonds is 6. The molecule has 0 N–H and O–H groups in total. The smallest absolute Gasteiger partial charge is 0.219 e. The van der Waals surface area contributed by atoms with Crippen LogP contribution in [-0.2, 0) is 30.8 Å². The fourth-order valence-corrected chi connectivity index (χ4v) is 4.05. The van der Waals surface area contributed by atoms with E-state index < -0.39 is 0 Å². The number of fused-ring (bicyclic) bond motifs is 1. The summed E-state index contributed by atoms with van der Waals surface area (Å²) in [5.74, 6) is 0.0902. The van der Waals surface area contributed by atoms with Gasteiger partial charge < -0.3 is 4.90 Å². The van der Waals surface area contributed by atoms with E-state index in [2.05, 4.69) is 52.0 Å². The van der Waals surface area contributed by atoms with Crippen LogP contribution in [0, 0.1) is 0 Å². The molecule has 1 aromatic heterocycles. The van der Waals surface area contributed by atoms with Crippen molar-refractivity contribution in [1.29, 1.82) is 0 Å². The minimum Gasteiger partial charge on any atom is -0.337 e. The molecule has 1 amide bonds. The highest BCUT2D eigenvalue weighted by Crippen LogP contribution is 2.27. The summed E-state index contributed by atoms with van der Waals surface area (Å²) in [7, 11) is 0. The second-order valence-electron chi connectivity index (χ2n) is 7.60. The van der Waals surface area contributed by atoms with E-state index in [1.165, 1.54) is 16.8 Å². The van der Waals surface area contributed by atoms with E-state index in [1.807, 2.05) is 30.0 Å². The molecule has 2 aromatic carbocycles. The van der Waals surface area contributed by atoms with Crippen molar-refractivity contribution in [3.8, 4) is 5.69 Å². The predicted octanol–water partition coefficient (Wildman–Crippen LogP) is 3.80. The lowest BCUT2D eigenvalue weighted by atomic mass is 10.0. The van der Waals surface area contributed by atoms with Gasteiger partial charge in [-0.25, -0.2) is 4.68 Å². The van der Waals surface area contributed by atoms with Gasteiger partial charge in [0.25, 0.3) is 0 Å². The van der Waals surface area contributed by atoms with E-state index in [4.69, 9.17) is 5.10 Å². The lowest BCUT2D eigenvalue weighted by Gasteiger charge is -2.28. The van der Waals surface area contributed by atoms with E-state index in [0.717, 1.165) is 37.4 Å². The fraction of sp³-hybridized carbons (Fsp3) is 0.333. The Bertz CT molecular complexity index is 965. The molecule has 0 unspecified atom stereocenters. The molecule has 0 aliphatic carbocycles. The maximum atomic E-state index is 12.0. The Hall–Kier alpha value is -2.92. The Morgan fingerprint density at radius 1 is 1.07 bits per heavy atom. The number of aromatic nitrogens is 2. The quantitative estimate of drug-likeness (QED) is 0.645. The Morgan fingerprint density at radius 3 is 2.41 bits per heavy atom. The first-order valence-electron chi connectivity index (χ1n) is 10.3. The molecule has 5 nitrogen and oxygen atoms in total. The SMILES string of the molecule is CCN(Cc1nn(-c2ccccc2)c2c1CN(Cc1ccccc1)CC2)C(C)=O. The van der Waals surface area contributed by atoms with Crippen LogP contribution in [-0.4, -0.2) is 38.6 Å². The van der Waals surface area contributed by atoms with Crippen molar-refractivity contribution in [2.75, 3.05) is 13.1 Å². The Kier molecular flexibility index (Phi) is 5.76. The third-order valence-corrected chi connectivity index (χ3v) is 5.64. The molecular formula is C24H28N4O. The zero-order chi connectivity index (χ0) is 20.2. The van der Waals surface area contributed by atoms with Gasteiger partial charge in [0.05, 0.1) is 23.6 Å². The van der Waals surface area contributed by atoms with Crippen molar-refractivity contribution in [2.24, 2.45) is 0 Å². The van der Waals surface area contributed by atoms with Crippen LogP contribution >= 0.6 is 0 Å². The zero-order valence-electron chi connectivity index (χ0n) is 17.2. The van der Waals surface area contributed by atoms with Crippen molar-refractivity contribution in [1.82, 2.24) is 19.6 Å². The number of para-hydroxylation sites is 1. The molecule has 3 aromatic rings. The van der Waals surface area contributed by atoms with Gasteiger partial charge in [-0.15, -0.1) is 0 Å². The van der Waals surface area contributed by atoms with Crippen molar-refractivity contribution in [2.45, 2.75) is 39.9 Å². The second-order valence-corrected chi connectivity index (χ2v) is 7.60. The summed E-state index contributed by atoms with van der Waals surface area (Å²) in [5, 5.41) is 4.97. The monoisotopic (exact) mass is 388 g/mol. The standard InChI is InChI=1S/C24H28N4O/c1-3-27(19(2)29)18-23-22-17-26(16-20-10-6-4-7-11-20)15-14-24(22)28(25-23)21-12-8-5-9-13-21/h4-13H,3,14-18H2,1-2H3. The van der Waals surface area contributed by atoms with Gasteiger partial charge in [0, 0.05) is 45.1 Å². The fourth-order valence-electron chi connectivity index (χ4n) is 4.05. The largest absolute Gasteiger partial charge is 0.337 e. The summed E-state index contributed by atoms with van der Waals surface area (Å²) in [6.07, 6.45) is 0.955. The molecule has 0 saturated carbocycles. The molecule has 1 aliphatic heterocycles. The first-order valence-corrected chi connectivity index (χ1v) is 10.3. The van der Waals surface area contributed by atoms with Crippen LogP contribution in [0.25, 0.3) is 5.69 Å². The van der Waals surface area contributed by atoms with Crippen LogP contribution in [0.4, 0.5) is 0 Å². The summed E-state index contributed by atoms with van der Waals surface area (Å²) in [6, 6.07) is 20.9. The van der Waals surface area contributed by atoms with Gasteiger partial charge in [0.2, 0.25) is 5.91 Å². The topological polar surface area (TPSA) is 41.4 Å². The molecule has 0 bridgehead atoms. The summed E-state index contributed by atoms with van der Waals surface area (Å²) >= 11 is 0. The van der Waals surface area contributed by atoms with Crippen LogP contribution in [0.5, 0.6) is 0 Å². The third kappa shape index (κ3) is 4.25. The lowest BCUT2D eigenvalue weighted by molar-refractivity contribution is -0.129. The highest BCUT2D eigenvalue weighted by Gasteiger charge is 2.26. The van der Waals surface area contributed by atoms with Gasteiger partial charge in [-0.2, -0.15) is 5.10 Å². The van der Waals surface area contributed by atoms with Crippen LogP contribution in [0.2, 0.25) is 0 Å². The summed E-state index contributed by atoms with van der Waals surface area (Å²) in [4.78, 5) is 16.3. The van der Waals surface area contributed by atoms with Gasteiger partial charge in [-0.1, -0.05) is 48.5 Å². The lowest BCUT2D eigenvalue weighted by Crippen LogP contribution is -2.32. The van der Waals surface area contributed by atoms with Gasteiger partial charge in [0.1, 0.15) is 0 Å². The summed E-state index contributed by atoms with van der Waals surface area (Å²) in [6.45, 7) is 7.70. The van der Waals surface area contributed by atoms with Crippen molar-refractivity contribution >= 4 is 5.91 Å². The van der Waals surface area contributed by atoms with Crippen LogP contribution in [0.1, 0.15) is 36.4 Å². The van der Waals surface area contributed by atoms with Gasteiger partial charge in [-0.3, -0.25) is 9.69 Å². The number of benzene rings is 2. The molecule has 0 saturated heterocycles. The maximum absolute atomic E-state index is 12.0. The Labute approximate surface area is 172 Å². The number of hydrogen-bond donors (Lipinski definition) is 0. The molecule has 5 heteroatoms. The number of nitrogens with zero attached hydrogens (tertiary/aromatic N) is 4. The molecule has 0 fully saturated rings. The van der Waals surface area contributed by atoms with Crippen LogP contribution in [0.3, 0.4) is 0 Å². The van der Waals surface area contributed by atoms with Gasteiger partial charge >= 0.3 is 0 Å². The molecule has 4 rings (SSSR count).